The lowest BCUT2D eigenvalue weighted by molar-refractivity contribution is -0.119. The molecule has 0 aromatic heterocycles. The largest absolute Gasteiger partial charge is 0.371 e. The lowest BCUT2D eigenvalue weighted by atomic mass is 10.1. The molecule has 2 fully saturated rings. The molecule has 2 heterocycles. The molecular formula is C19H28N4O2. The summed E-state index contributed by atoms with van der Waals surface area (Å²) in [5, 5.41) is 5.93. The van der Waals surface area contributed by atoms with Crippen molar-refractivity contribution in [3.63, 3.8) is 0 Å². The third-order valence-electron chi connectivity index (χ3n) is 5.00. The molecule has 6 heteroatoms. The highest BCUT2D eigenvalue weighted by Crippen LogP contribution is 2.24. The Morgan fingerprint density at radius 1 is 1.12 bits per heavy atom. The Labute approximate surface area is 149 Å². The Kier molecular flexibility index (Phi) is 5.79. The number of carbonyl (C=O) groups is 2. The summed E-state index contributed by atoms with van der Waals surface area (Å²) in [6.07, 6.45) is 4.59. The van der Waals surface area contributed by atoms with E-state index in [1.54, 1.807) is 4.90 Å². The van der Waals surface area contributed by atoms with E-state index in [2.05, 4.69) is 33.7 Å². The van der Waals surface area contributed by atoms with Crippen molar-refractivity contribution in [3.8, 4) is 0 Å². The van der Waals surface area contributed by atoms with Gasteiger partial charge in [-0.05, 0) is 37.3 Å². The maximum atomic E-state index is 12.4. The average molecular weight is 344 g/mol. The van der Waals surface area contributed by atoms with Crippen LogP contribution in [0.2, 0.25) is 0 Å². The van der Waals surface area contributed by atoms with Gasteiger partial charge in [-0.3, -0.25) is 4.79 Å². The number of hydrogen-bond donors (Lipinski definition) is 2. The van der Waals surface area contributed by atoms with Crippen LogP contribution >= 0.6 is 0 Å². The van der Waals surface area contributed by atoms with E-state index in [-0.39, 0.29) is 18.0 Å². The number of likely N-dealkylation sites (tertiary alicyclic amines) is 1. The van der Waals surface area contributed by atoms with Gasteiger partial charge in [-0.25, -0.2) is 4.79 Å². The smallest absolute Gasteiger partial charge is 0.317 e. The van der Waals surface area contributed by atoms with Crippen molar-refractivity contribution >= 4 is 17.6 Å². The van der Waals surface area contributed by atoms with Gasteiger partial charge in [-0.1, -0.05) is 18.2 Å². The molecule has 3 amide bonds. The van der Waals surface area contributed by atoms with Crippen LogP contribution in [-0.4, -0.2) is 49.1 Å². The summed E-state index contributed by atoms with van der Waals surface area (Å²) in [5.74, 6) is -0.0392. The van der Waals surface area contributed by atoms with Crippen LogP contribution in [0, 0.1) is 0 Å². The normalized spacial score (nSPS) is 20.4. The maximum absolute atomic E-state index is 12.4. The van der Waals surface area contributed by atoms with Crippen molar-refractivity contribution in [3.05, 3.63) is 29.8 Å². The number of anilines is 1. The number of benzene rings is 1. The SMILES string of the molecule is CC(=O)NC1CCN(C(=O)NCc2ccccc2N2CCCCC2)C1. The van der Waals surface area contributed by atoms with Crippen molar-refractivity contribution in [2.75, 3.05) is 31.1 Å². The van der Waals surface area contributed by atoms with Crippen LogP contribution in [0.3, 0.4) is 0 Å². The Hall–Kier alpha value is -2.24. The second kappa shape index (κ2) is 8.23. The van der Waals surface area contributed by atoms with E-state index in [0.717, 1.165) is 25.1 Å². The van der Waals surface area contributed by atoms with E-state index in [0.29, 0.717) is 19.6 Å². The summed E-state index contributed by atoms with van der Waals surface area (Å²) in [4.78, 5) is 27.8. The minimum atomic E-state index is -0.0544. The van der Waals surface area contributed by atoms with E-state index < -0.39 is 0 Å². The van der Waals surface area contributed by atoms with Crippen LogP contribution < -0.4 is 15.5 Å². The van der Waals surface area contributed by atoms with Crippen LogP contribution in [0.1, 0.15) is 38.2 Å². The van der Waals surface area contributed by atoms with Crippen molar-refractivity contribution < 1.29 is 9.59 Å². The van der Waals surface area contributed by atoms with Crippen LogP contribution in [0.15, 0.2) is 24.3 Å². The fourth-order valence-electron chi connectivity index (χ4n) is 3.74. The molecule has 1 unspecified atom stereocenters. The Balaban J connectivity index is 1.55. The zero-order valence-corrected chi connectivity index (χ0v) is 15.0. The van der Waals surface area contributed by atoms with E-state index in [1.807, 2.05) is 6.07 Å². The average Bonchev–Trinajstić information content (AvgIpc) is 3.08. The lowest BCUT2D eigenvalue weighted by Crippen LogP contribution is -2.41. The summed E-state index contributed by atoms with van der Waals surface area (Å²) >= 11 is 0. The molecule has 25 heavy (non-hydrogen) atoms. The standard InChI is InChI=1S/C19H28N4O2/c1-15(24)21-17-9-12-23(14-17)19(25)20-13-16-7-3-4-8-18(16)22-10-5-2-6-11-22/h3-4,7-8,17H,2,5-6,9-14H2,1H3,(H,20,25)(H,21,24). The van der Waals surface area contributed by atoms with E-state index in [1.165, 1.54) is 31.9 Å². The molecule has 2 aliphatic heterocycles. The summed E-state index contributed by atoms with van der Waals surface area (Å²) in [5.41, 5.74) is 2.40. The summed E-state index contributed by atoms with van der Waals surface area (Å²) in [6.45, 7) is 5.50. The topological polar surface area (TPSA) is 64.7 Å². The van der Waals surface area contributed by atoms with Gasteiger partial charge in [0.15, 0.2) is 0 Å². The van der Waals surface area contributed by atoms with Gasteiger partial charge in [-0.2, -0.15) is 0 Å². The van der Waals surface area contributed by atoms with E-state index in [4.69, 9.17) is 0 Å². The fraction of sp³-hybridized carbons (Fsp3) is 0.579. The van der Waals surface area contributed by atoms with E-state index >= 15 is 0 Å². The first-order valence-corrected chi connectivity index (χ1v) is 9.26. The van der Waals surface area contributed by atoms with Crippen molar-refractivity contribution in [1.82, 2.24) is 15.5 Å². The number of para-hydroxylation sites is 1. The van der Waals surface area contributed by atoms with Gasteiger partial charge >= 0.3 is 6.03 Å². The van der Waals surface area contributed by atoms with Crippen molar-refractivity contribution in [2.24, 2.45) is 0 Å². The Morgan fingerprint density at radius 2 is 1.88 bits per heavy atom. The predicted molar refractivity (Wildman–Crippen MR) is 98.5 cm³/mol. The maximum Gasteiger partial charge on any atom is 0.317 e. The summed E-state index contributed by atoms with van der Waals surface area (Å²) in [6, 6.07) is 8.35. The number of urea groups is 1. The first-order chi connectivity index (χ1) is 12.1. The van der Waals surface area contributed by atoms with Gasteiger partial charge in [0.2, 0.25) is 5.91 Å². The minimum Gasteiger partial charge on any atom is -0.371 e. The molecule has 136 valence electrons. The molecule has 6 nitrogen and oxygen atoms in total. The monoisotopic (exact) mass is 344 g/mol. The van der Waals surface area contributed by atoms with Gasteiger partial charge in [0.25, 0.3) is 0 Å². The summed E-state index contributed by atoms with van der Waals surface area (Å²) in [7, 11) is 0. The van der Waals surface area contributed by atoms with Gasteiger partial charge in [-0.15, -0.1) is 0 Å². The van der Waals surface area contributed by atoms with Crippen molar-refractivity contribution in [2.45, 2.75) is 45.2 Å². The molecule has 0 aliphatic carbocycles. The lowest BCUT2D eigenvalue weighted by Gasteiger charge is -2.30. The van der Waals surface area contributed by atoms with Crippen molar-refractivity contribution in [1.29, 1.82) is 0 Å². The number of nitrogens with one attached hydrogen (secondary N) is 2. The highest BCUT2D eigenvalue weighted by atomic mass is 16.2. The highest BCUT2D eigenvalue weighted by molar-refractivity contribution is 5.76. The molecule has 0 spiro atoms. The molecule has 0 saturated carbocycles. The first-order valence-electron chi connectivity index (χ1n) is 9.26. The molecule has 0 bridgehead atoms. The molecule has 1 atom stereocenters. The van der Waals surface area contributed by atoms with Crippen LogP contribution in [0.25, 0.3) is 0 Å². The first kappa shape index (κ1) is 17.6. The zero-order valence-electron chi connectivity index (χ0n) is 15.0. The van der Waals surface area contributed by atoms with Gasteiger partial charge < -0.3 is 20.4 Å². The molecule has 2 saturated heterocycles. The van der Waals surface area contributed by atoms with Crippen LogP contribution in [0.5, 0.6) is 0 Å². The number of carbonyl (C=O) groups excluding carboxylic acids is 2. The molecular weight excluding hydrogens is 316 g/mol. The molecule has 2 aliphatic rings. The second-order valence-electron chi connectivity index (χ2n) is 6.97. The Morgan fingerprint density at radius 3 is 2.64 bits per heavy atom. The van der Waals surface area contributed by atoms with E-state index in [9.17, 15) is 9.59 Å². The quantitative estimate of drug-likeness (QED) is 0.879. The second-order valence-corrected chi connectivity index (χ2v) is 6.97. The summed E-state index contributed by atoms with van der Waals surface area (Å²) < 4.78 is 0. The Bertz CT molecular complexity index is 613. The number of piperidine rings is 1. The van der Waals surface area contributed by atoms with Gasteiger partial charge in [0, 0.05) is 51.4 Å². The zero-order chi connectivity index (χ0) is 17.6. The molecule has 2 N–H and O–H groups in total. The fourth-order valence-corrected chi connectivity index (χ4v) is 3.74. The van der Waals surface area contributed by atoms with Crippen LogP contribution in [0.4, 0.5) is 10.5 Å². The molecule has 3 rings (SSSR count). The predicted octanol–water partition coefficient (Wildman–Crippen LogP) is 2.10. The highest BCUT2D eigenvalue weighted by Gasteiger charge is 2.26. The molecule has 1 aromatic carbocycles. The number of hydrogen-bond acceptors (Lipinski definition) is 3. The third-order valence-corrected chi connectivity index (χ3v) is 5.00. The number of rotatable bonds is 4. The van der Waals surface area contributed by atoms with Gasteiger partial charge in [0.1, 0.15) is 0 Å². The third kappa shape index (κ3) is 4.65. The molecule has 1 aromatic rings. The van der Waals surface area contributed by atoms with Gasteiger partial charge in [0.05, 0.1) is 0 Å². The molecule has 0 radical (unpaired) electrons. The number of amides is 3. The number of nitrogens with zero attached hydrogens (tertiary/aromatic N) is 2. The minimum absolute atomic E-state index is 0.0392. The van der Waals surface area contributed by atoms with Crippen LogP contribution in [-0.2, 0) is 11.3 Å².